The Hall–Kier alpha value is -0.120. The zero-order valence-corrected chi connectivity index (χ0v) is 6.58. The van der Waals surface area contributed by atoms with E-state index in [-0.39, 0.29) is 6.10 Å². The van der Waals surface area contributed by atoms with Gasteiger partial charge in [-0.3, -0.25) is 0 Å². The van der Waals surface area contributed by atoms with Crippen molar-refractivity contribution in [2.24, 2.45) is 0 Å². The van der Waals surface area contributed by atoms with Gasteiger partial charge in [0, 0.05) is 0 Å². The van der Waals surface area contributed by atoms with Crippen LogP contribution in [0, 0.1) is 0 Å². The van der Waals surface area contributed by atoms with Crippen LogP contribution in [0.25, 0.3) is 0 Å². The van der Waals surface area contributed by atoms with E-state index in [0.717, 1.165) is 0 Å². The van der Waals surface area contributed by atoms with Crippen LogP contribution in [-0.2, 0) is 4.74 Å². The monoisotopic (exact) mass is 148 g/mol. The van der Waals surface area contributed by atoms with Gasteiger partial charge in [0.25, 0.3) is 0 Å². The van der Waals surface area contributed by atoms with Crippen molar-refractivity contribution in [2.75, 3.05) is 6.61 Å². The number of hydrogen-bond donors (Lipinski definition) is 2. The first kappa shape index (κ1) is 9.88. The van der Waals surface area contributed by atoms with E-state index >= 15 is 0 Å². The van der Waals surface area contributed by atoms with Gasteiger partial charge in [-0.1, -0.05) is 6.92 Å². The van der Waals surface area contributed by atoms with Gasteiger partial charge in [0.15, 0.2) is 6.29 Å². The summed E-state index contributed by atoms with van der Waals surface area (Å²) in [6.45, 7) is 3.96. The van der Waals surface area contributed by atoms with E-state index in [0.29, 0.717) is 19.4 Å². The number of aliphatic hydroxyl groups is 2. The molecule has 0 aliphatic rings. The standard InChI is InChI=1S/C7H16O3/c1-3-7(9)10-5-4-6(2)8/h6-9H,3-5H2,1-2H3. The highest BCUT2D eigenvalue weighted by atomic mass is 16.6. The number of aliphatic hydroxyl groups excluding tert-OH is 2. The summed E-state index contributed by atoms with van der Waals surface area (Å²) in [6, 6.07) is 0. The summed E-state index contributed by atoms with van der Waals surface area (Å²) in [5, 5.41) is 17.6. The summed E-state index contributed by atoms with van der Waals surface area (Å²) in [7, 11) is 0. The van der Waals surface area contributed by atoms with Gasteiger partial charge in [0.05, 0.1) is 12.7 Å². The normalized spacial score (nSPS) is 16.8. The molecule has 0 aliphatic carbocycles. The fourth-order valence-corrected chi connectivity index (χ4v) is 0.492. The molecule has 0 rings (SSSR count). The van der Waals surface area contributed by atoms with Crippen LogP contribution in [0.1, 0.15) is 26.7 Å². The zero-order valence-electron chi connectivity index (χ0n) is 6.58. The average Bonchev–Trinajstić information content (AvgIpc) is 1.87. The maximum atomic E-state index is 8.87. The number of rotatable bonds is 5. The number of hydrogen-bond acceptors (Lipinski definition) is 3. The molecule has 3 heteroatoms. The molecule has 0 saturated heterocycles. The molecular formula is C7H16O3. The maximum Gasteiger partial charge on any atom is 0.154 e. The summed E-state index contributed by atoms with van der Waals surface area (Å²) in [5.41, 5.74) is 0. The Bertz CT molecular complexity index is 73.3. The molecule has 3 nitrogen and oxygen atoms in total. The van der Waals surface area contributed by atoms with E-state index in [1.54, 1.807) is 6.92 Å². The van der Waals surface area contributed by atoms with Crippen LogP contribution in [0.4, 0.5) is 0 Å². The van der Waals surface area contributed by atoms with E-state index in [1.165, 1.54) is 0 Å². The van der Waals surface area contributed by atoms with E-state index in [1.807, 2.05) is 6.92 Å². The molecule has 0 amide bonds. The molecule has 2 unspecified atom stereocenters. The van der Waals surface area contributed by atoms with E-state index in [9.17, 15) is 0 Å². The molecule has 0 saturated carbocycles. The number of ether oxygens (including phenoxy) is 1. The summed E-state index contributed by atoms with van der Waals surface area (Å²) in [6.07, 6.45) is 0.166. The fourth-order valence-electron chi connectivity index (χ4n) is 0.492. The molecule has 0 aromatic rings. The molecule has 0 heterocycles. The Morgan fingerprint density at radius 2 is 2.00 bits per heavy atom. The van der Waals surface area contributed by atoms with Crippen molar-refractivity contribution in [1.82, 2.24) is 0 Å². The van der Waals surface area contributed by atoms with Crippen LogP contribution in [0.2, 0.25) is 0 Å². The second-order valence-electron chi connectivity index (χ2n) is 2.37. The van der Waals surface area contributed by atoms with Crippen molar-refractivity contribution in [3.05, 3.63) is 0 Å². The summed E-state index contributed by atoms with van der Waals surface area (Å²) >= 11 is 0. The van der Waals surface area contributed by atoms with Crippen molar-refractivity contribution in [3.63, 3.8) is 0 Å². The maximum absolute atomic E-state index is 8.87. The fraction of sp³-hybridized carbons (Fsp3) is 1.00. The van der Waals surface area contributed by atoms with Crippen LogP contribution in [0.15, 0.2) is 0 Å². The first-order valence-electron chi connectivity index (χ1n) is 3.64. The topological polar surface area (TPSA) is 49.7 Å². The van der Waals surface area contributed by atoms with Crippen molar-refractivity contribution in [3.8, 4) is 0 Å². The van der Waals surface area contributed by atoms with Gasteiger partial charge in [-0.25, -0.2) is 0 Å². The molecule has 2 atom stereocenters. The predicted molar refractivity (Wildman–Crippen MR) is 38.5 cm³/mol. The third-order valence-corrected chi connectivity index (χ3v) is 1.20. The minimum atomic E-state index is -0.668. The molecule has 10 heavy (non-hydrogen) atoms. The van der Waals surface area contributed by atoms with Gasteiger partial charge in [-0.15, -0.1) is 0 Å². The van der Waals surface area contributed by atoms with Gasteiger partial charge >= 0.3 is 0 Å². The van der Waals surface area contributed by atoms with E-state index in [4.69, 9.17) is 14.9 Å². The largest absolute Gasteiger partial charge is 0.393 e. The summed E-state index contributed by atoms with van der Waals surface area (Å²) in [4.78, 5) is 0. The molecule has 0 bridgehead atoms. The minimum Gasteiger partial charge on any atom is -0.393 e. The lowest BCUT2D eigenvalue weighted by Gasteiger charge is -2.09. The molecule has 0 spiro atoms. The van der Waals surface area contributed by atoms with Gasteiger partial charge < -0.3 is 14.9 Å². The molecule has 0 aromatic heterocycles. The summed E-state index contributed by atoms with van der Waals surface area (Å²) in [5.74, 6) is 0. The molecule has 0 aromatic carbocycles. The van der Waals surface area contributed by atoms with Crippen LogP contribution in [-0.4, -0.2) is 29.2 Å². The van der Waals surface area contributed by atoms with Crippen molar-refractivity contribution in [2.45, 2.75) is 39.1 Å². The third kappa shape index (κ3) is 6.01. The Kier molecular flexibility index (Phi) is 5.58. The quantitative estimate of drug-likeness (QED) is 0.558. The van der Waals surface area contributed by atoms with Crippen molar-refractivity contribution >= 4 is 0 Å². The highest BCUT2D eigenvalue weighted by Gasteiger charge is 2.00. The van der Waals surface area contributed by atoms with E-state index < -0.39 is 6.29 Å². The lowest BCUT2D eigenvalue weighted by Crippen LogP contribution is -2.14. The first-order valence-corrected chi connectivity index (χ1v) is 3.64. The van der Waals surface area contributed by atoms with E-state index in [2.05, 4.69) is 0 Å². The van der Waals surface area contributed by atoms with Crippen LogP contribution in [0.5, 0.6) is 0 Å². The average molecular weight is 148 g/mol. The molecule has 0 radical (unpaired) electrons. The van der Waals surface area contributed by atoms with Gasteiger partial charge in [0.2, 0.25) is 0 Å². The second kappa shape index (κ2) is 5.65. The van der Waals surface area contributed by atoms with Crippen LogP contribution >= 0.6 is 0 Å². The molecule has 2 N–H and O–H groups in total. The molecule has 0 aliphatic heterocycles. The van der Waals surface area contributed by atoms with Crippen LogP contribution < -0.4 is 0 Å². The van der Waals surface area contributed by atoms with Crippen molar-refractivity contribution in [1.29, 1.82) is 0 Å². The SMILES string of the molecule is CCC(O)OCCC(C)O. The van der Waals surface area contributed by atoms with Crippen molar-refractivity contribution < 1.29 is 14.9 Å². The second-order valence-corrected chi connectivity index (χ2v) is 2.37. The Labute approximate surface area is 61.6 Å². The minimum absolute atomic E-state index is 0.343. The highest BCUT2D eigenvalue weighted by molar-refractivity contribution is 4.44. The molecule has 62 valence electrons. The predicted octanol–water partition coefficient (Wildman–Crippen LogP) is 0.502. The Morgan fingerprint density at radius 1 is 1.40 bits per heavy atom. The van der Waals surface area contributed by atoms with Crippen LogP contribution in [0.3, 0.4) is 0 Å². The molecular weight excluding hydrogens is 132 g/mol. The molecule has 0 fully saturated rings. The van der Waals surface area contributed by atoms with Gasteiger partial charge in [0.1, 0.15) is 0 Å². The zero-order chi connectivity index (χ0) is 7.98. The van der Waals surface area contributed by atoms with Gasteiger partial charge in [-0.05, 0) is 19.8 Å². The highest BCUT2D eigenvalue weighted by Crippen LogP contribution is 1.96. The lowest BCUT2D eigenvalue weighted by atomic mass is 10.3. The summed E-state index contributed by atoms with van der Waals surface area (Å²) < 4.78 is 4.90. The first-order chi connectivity index (χ1) is 4.66. The Balaban J connectivity index is 3.03. The van der Waals surface area contributed by atoms with Gasteiger partial charge in [-0.2, -0.15) is 0 Å². The lowest BCUT2D eigenvalue weighted by molar-refractivity contribution is -0.105. The third-order valence-electron chi connectivity index (χ3n) is 1.20. The smallest absolute Gasteiger partial charge is 0.154 e. The Morgan fingerprint density at radius 3 is 2.40 bits per heavy atom.